The lowest BCUT2D eigenvalue weighted by Gasteiger charge is -2.32. The number of hydrogen-bond acceptors (Lipinski definition) is 5. The van der Waals surface area contributed by atoms with Crippen molar-refractivity contribution in [2.24, 2.45) is 5.41 Å². The molecule has 1 spiro atoms. The molecule has 2 aliphatic heterocycles. The molecule has 1 aromatic heterocycles. The predicted molar refractivity (Wildman–Crippen MR) is 84.3 cm³/mol. The van der Waals surface area contributed by atoms with Gasteiger partial charge in [0.15, 0.2) is 9.84 Å². The van der Waals surface area contributed by atoms with Gasteiger partial charge in [-0.15, -0.1) is 0 Å². The minimum absolute atomic E-state index is 0.00657. The van der Waals surface area contributed by atoms with E-state index < -0.39 is 9.84 Å². The maximum absolute atomic E-state index is 12.2. The van der Waals surface area contributed by atoms with Gasteiger partial charge in [0, 0.05) is 32.1 Å². The van der Waals surface area contributed by atoms with Gasteiger partial charge in [0.2, 0.25) is 5.91 Å². The van der Waals surface area contributed by atoms with E-state index in [-0.39, 0.29) is 17.1 Å². The summed E-state index contributed by atoms with van der Waals surface area (Å²) in [5.74, 6) is 0.981. The molecular formula is C15H21N3O3S. The third-order valence-corrected chi connectivity index (χ3v) is 5.37. The Hall–Kier alpha value is -1.63. The third-order valence-electron chi connectivity index (χ3n) is 4.52. The topological polar surface area (TPSA) is 79.4 Å². The molecule has 2 fully saturated rings. The van der Waals surface area contributed by atoms with Crippen molar-refractivity contribution in [3.8, 4) is 0 Å². The molecule has 120 valence electrons. The second-order valence-electron chi connectivity index (χ2n) is 6.41. The van der Waals surface area contributed by atoms with Crippen molar-refractivity contribution in [3.63, 3.8) is 0 Å². The van der Waals surface area contributed by atoms with Crippen molar-refractivity contribution in [2.75, 3.05) is 30.8 Å². The number of rotatable bonds is 3. The summed E-state index contributed by atoms with van der Waals surface area (Å²) in [6.45, 7) is 2.28. The van der Waals surface area contributed by atoms with Crippen LogP contribution in [-0.2, 0) is 20.4 Å². The van der Waals surface area contributed by atoms with E-state index in [1.807, 2.05) is 6.07 Å². The molecule has 2 saturated heterocycles. The molecule has 0 radical (unpaired) electrons. The molecule has 1 aromatic rings. The van der Waals surface area contributed by atoms with Crippen molar-refractivity contribution in [2.45, 2.75) is 25.0 Å². The first-order valence-electron chi connectivity index (χ1n) is 7.54. The summed E-state index contributed by atoms with van der Waals surface area (Å²) in [5, 5.41) is 2.97. The molecular weight excluding hydrogens is 302 g/mol. The Bertz CT molecular complexity index is 672. The van der Waals surface area contributed by atoms with E-state index in [0.717, 1.165) is 38.2 Å². The summed E-state index contributed by atoms with van der Waals surface area (Å²) in [6, 6.07) is 3.65. The van der Waals surface area contributed by atoms with Crippen molar-refractivity contribution < 1.29 is 13.2 Å². The fourth-order valence-corrected chi connectivity index (χ4v) is 4.16. The van der Waals surface area contributed by atoms with Gasteiger partial charge in [0.05, 0.1) is 11.2 Å². The first-order valence-corrected chi connectivity index (χ1v) is 9.60. The number of carbonyl (C=O) groups is 1. The van der Waals surface area contributed by atoms with Crippen molar-refractivity contribution in [1.82, 2.24) is 10.3 Å². The van der Waals surface area contributed by atoms with Crippen LogP contribution in [0.15, 0.2) is 18.3 Å². The minimum atomic E-state index is -3.05. The molecule has 22 heavy (non-hydrogen) atoms. The SMILES string of the molecule is CS(=O)(=O)Cc1ccc(N2CC[C@]3(CCCNC3=O)C2)nc1. The molecule has 0 saturated carbocycles. The Morgan fingerprint density at radius 3 is 2.82 bits per heavy atom. The zero-order chi connectivity index (χ0) is 15.8. The van der Waals surface area contributed by atoms with Gasteiger partial charge in [-0.1, -0.05) is 6.07 Å². The van der Waals surface area contributed by atoms with E-state index in [1.54, 1.807) is 12.3 Å². The van der Waals surface area contributed by atoms with E-state index in [1.165, 1.54) is 6.26 Å². The fourth-order valence-electron chi connectivity index (χ4n) is 3.38. The quantitative estimate of drug-likeness (QED) is 0.887. The van der Waals surface area contributed by atoms with Crippen LogP contribution in [0.1, 0.15) is 24.8 Å². The average molecular weight is 323 g/mol. The average Bonchev–Trinajstić information content (AvgIpc) is 2.87. The second kappa shape index (κ2) is 5.53. The molecule has 2 aliphatic rings. The predicted octanol–water partition coefficient (Wildman–Crippen LogP) is 0.733. The number of nitrogens with zero attached hydrogens (tertiary/aromatic N) is 2. The highest BCUT2D eigenvalue weighted by Crippen LogP contribution is 2.38. The highest BCUT2D eigenvalue weighted by molar-refractivity contribution is 7.89. The van der Waals surface area contributed by atoms with Gasteiger partial charge >= 0.3 is 0 Å². The maximum Gasteiger partial charge on any atom is 0.228 e. The molecule has 1 amide bonds. The van der Waals surface area contributed by atoms with Crippen LogP contribution in [0.25, 0.3) is 0 Å². The lowest BCUT2D eigenvalue weighted by molar-refractivity contribution is -0.132. The largest absolute Gasteiger partial charge is 0.356 e. The first kappa shape index (κ1) is 15.3. The standard InChI is InChI=1S/C15H21N3O3S/c1-22(20,21)10-12-3-4-13(17-9-12)18-8-6-15(11-18)5-2-7-16-14(15)19/h3-4,9H,2,5-8,10-11H2,1H3,(H,16,19)/t15-/m1/s1. The summed E-state index contributed by atoms with van der Waals surface area (Å²) in [7, 11) is -3.05. The lowest BCUT2D eigenvalue weighted by atomic mass is 9.79. The summed E-state index contributed by atoms with van der Waals surface area (Å²) < 4.78 is 22.6. The van der Waals surface area contributed by atoms with Crippen molar-refractivity contribution in [1.29, 1.82) is 0 Å². The van der Waals surface area contributed by atoms with Crippen LogP contribution in [-0.4, -0.2) is 45.2 Å². The molecule has 1 atom stereocenters. The van der Waals surface area contributed by atoms with E-state index in [9.17, 15) is 13.2 Å². The summed E-state index contributed by atoms with van der Waals surface area (Å²) >= 11 is 0. The normalized spacial score (nSPS) is 25.5. The number of carbonyl (C=O) groups excluding carboxylic acids is 1. The number of amides is 1. The van der Waals surface area contributed by atoms with Crippen LogP contribution in [0.5, 0.6) is 0 Å². The molecule has 0 aliphatic carbocycles. The zero-order valence-electron chi connectivity index (χ0n) is 12.7. The van der Waals surface area contributed by atoms with E-state index >= 15 is 0 Å². The summed E-state index contributed by atoms with van der Waals surface area (Å²) in [6.07, 6.45) is 5.64. The molecule has 1 N–H and O–H groups in total. The minimum Gasteiger partial charge on any atom is -0.356 e. The first-order chi connectivity index (χ1) is 10.4. The fraction of sp³-hybridized carbons (Fsp3) is 0.600. The third kappa shape index (κ3) is 3.09. The van der Waals surface area contributed by atoms with Gasteiger partial charge in [-0.05, 0) is 30.9 Å². The number of nitrogens with one attached hydrogen (secondary N) is 1. The zero-order valence-corrected chi connectivity index (χ0v) is 13.5. The number of hydrogen-bond donors (Lipinski definition) is 1. The molecule has 7 heteroatoms. The van der Waals surface area contributed by atoms with E-state index in [4.69, 9.17) is 0 Å². The van der Waals surface area contributed by atoms with Crippen molar-refractivity contribution in [3.05, 3.63) is 23.9 Å². The van der Waals surface area contributed by atoms with Gasteiger partial charge in [0.25, 0.3) is 0 Å². The Balaban J connectivity index is 1.72. The molecule has 3 heterocycles. The molecule has 3 rings (SSSR count). The number of sulfone groups is 1. The summed E-state index contributed by atoms with van der Waals surface area (Å²) in [5.41, 5.74) is 0.418. The Morgan fingerprint density at radius 2 is 2.18 bits per heavy atom. The van der Waals surface area contributed by atoms with Crippen LogP contribution in [0.3, 0.4) is 0 Å². The van der Waals surface area contributed by atoms with Crippen molar-refractivity contribution >= 4 is 21.6 Å². The lowest BCUT2D eigenvalue weighted by Crippen LogP contribution is -2.47. The number of anilines is 1. The molecule has 0 unspecified atom stereocenters. The Labute approximate surface area is 130 Å². The van der Waals surface area contributed by atoms with Crippen LogP contribution in [0, 0.1) is 5.41 Å². The van der Waals surface area contributed by atoms with Gasteiger partial charge < -0.3 is 10.2 Å². The number of aromatic nitrogens is 1. The highest BCUT2D eigenvalue weighted by Gasteiger charge is 2.45. The smallest absolute Gasteiger partial charge is 0.228 e. The van der Waals surface area contributed by atoms with Gasteiger partial charge in [-0.3, -0.25) is 4.79 Å². The van der Waals surface area contributed by atoms with Gasteiger partial charge in [0.1, 0.15) is 5.82 Å². The van der Waals surface area contributed by atoms with Gasteiger partial charge in [-0.2, -0.15) is 0 Å². The highest BCUT2D eigenvalue weighted by atomic mass is 32.2. The molecule has 0 bridgehead atoms. The summed E-state index contributed by atoms with van der Waals surface area (Å²) in [4.78, 5) is 18.7. The number of piperidine rings is 1. The number of pyridine rings is 1. The molecule has 6 nitrogen and oxygen atoms in total. The van der Waals surface area contributed by atoms with Crippen LogP contribution in [0.2, 0.25) is 0 Å². The Morgan fingerprint density at radius 1 is 1.36 bits per heavy atom. The van der Waals surface area contributed by atoms with Gasteiger partial charge in [-0.25, -0.2) is 13.4 Å². The monoisotopic (exact) mass is 323 g/mol. The maximum atomic E-state index is 12.2. The van der Waals surface area contributed by atoms with Crippen LogP contribution < -0.4 is 10.2 Å². The Kier molecular flexibility index (Phi) is 3.84. The molecule has 0 aromatic carbocycles. The van der Waals surface area contributed by atoms with E-state index in [2.05, 4.69) is 15.2 Å². The van der Waals surface area contributed by atoms with Crippen LogP contribution >= 0.6 is 0 Å². The van der Waals surface area contributed by atoms with E-state index in [0.29, 0.717) is 12.1 Å². The second-order valence-corrected chi connectivity index (χ2v) is 8.55. The van der Waals surface area contributed by atoms with Crippen LogP contribution in [0.4, 0.5) is 5.82 Å².